The molecule has 1 atom stereocenters. The first-order valence-corrected chi connectivity index (χ1v) is 12.2. The Hall–Kier alpha value is -2.30. The fourth-order valence-corrected chi connectivity index (χ4v) is 4.98. The van der Waals surface area contributed by atoms with Crippen molar-refractivity contribution < 1.29 is 9.32 Å². The molecular weight excluding hydrogens is 386 g/mol. The fourth-order valence-electron chi connectivity index (χ4n) is 4.98. The van der Waals surface area contributed by atoms with Gasteiger partial charge in [-0.1, -0.05) is 62.2 Å². The SMILES string of the molecule is CCC(C)N(Cc1c(-c2ccccc2)noc1N1CCC(C)CC1)C(=O)C1CCCC1. The van der Waals surface area contributed by atoms with Gasteiger partial charge >= 0.3 is 0 Å². The highest BCUT2D eigenvalue weighted by atomic mass is 16.5. The Kier molecular flexibility index (Phi) is 6.99. The molecule has 1 aromatic carbocycles. The molecule has 2 aliphatic rings. The smallest absolute Gasteiger partial charge is 0.232 e. The van der Waals surface area contributed by atoms with E-state index in [4.69, 9.17) is 4.52 Å². The third kappa shape index (κ3) is 4.81. The summed E-state index contributed by atoms with van der Waals surface area (Å²) in [5, 5.41) is 4.52. The van der Waals surface area contributed by atoms with Crippen LogP contribution in [0.2, 0.25) is 0 Å². The number of piperidine rings is 1. The summed E-state index contributed by atoms with van der Waals surface area (Å²) in [5.74, 6) is 2.09. The maximum Gasteiger partial charge on any atom is 0.232 e. The number of carbonyl (C=O) groups excluding carboxylic acids is 1. The molecule has 1 unspecified atom stereocenters. The monoisotopic (exact) mass is 423 g/mol. The average molecular weight is 424 g/mol. The minimum Gasteiger partial charge on any atom is -0.340 e. The Morgan fingerprint density at radius 1 is 1.16 bits per heavy atom. The summed E-state index contributed by atoms with van der Waals surface area (Å²) in [6.07, 6.45) is 7.67. The molecule has 168 valence electrons. The van der Waals surface area contributed by atoms with E-state index < -0.39 is 0 Å². The number of hydrogen-bond acceptors (Lipinski definition) is 4. The largest absolute Gasteiger partial charge is 0.340 e. The molecule has 5 heteroatoms. The number of rotatable bonds is 7. The number of nitrogens with zero attached hydrogens (tertiary/aromatic N) is 3. The summed E-state index contributed by atoms with van der Waals surface area (Å²) in [6, 6.07) is 10.4. The second kappa shape index (κ2) is 9.88. The van der Waals surface area contributed by atoms with Crippen LogP contribution >= 0.6 is 0 Å². The zero-order chi connectivity index (χ0) is 21.8. The van der Waals surface area contributed by atoms with Crippen LogP contribution in [-0.2, 0) is 11.3 Å². The molecule has 0 radical (unpaired) electrons. The van der Waals surface area contributed by atoms with Gasteiger partial charge in [-0.25, -0.2) is 0 Å². The molecule has 1 aliphatic carbocycles. The quantitative estimate of drug-likeness (QED) is 0.557. The van der Waals surface area contributed by atoms with Crippen LogP contribution in [0.3, 0.4) is 0 Å². The van der Waals surface area contributed by atoms with Crippen LogP contribution in [0, 0.1) is 11.8 Å². The highest BCUT2D eigenvalue weighted by Gasteiger charge is 2.33. The lowest BCUT2D eigenvalue weighted by Crippen LogP contribution is -2.41. The number of hydrogen-bond donors (Lipinski definition) is 0. The number of benzene rings is 1. The van der Waals surface area contributed by atoms with Crippen molar-refractivity contribution in [2.24, 2.45) is 11.8 Å². The van der Waals surface area contributed by atoms with Gasteiger partial charge in [0.2, 0.25) is 11.8 Å². The molecule has 2 fully saturated rings. The summed E-state index contributed by atoms with van der Waals surface area (Å²) in [6.45, 7) is 9.19. The van der Waals surface area contributed by atoms with E-state index in [1.165, 1.54) is 12.8 Å². The van der Waals surface area contributed by atoms with Crippen LogP contribution in [0.15, 0.2) is 34.9 Å². The topological polar surface area (TPSA) is 49.6 Å². The molecule has 1 aromatic heterocycles. The van der Waals surface area contributed by atoms with Gasteiger partial charge in [0.05, 0.1) is 12.1 Å². The molecule has 5 nitrogen and oxygen atoms in total. The lowest BCUT2D eigenvalue weighted by molar-refractivity contribution is -0.138. The molecule has 0 spiro atoms. The third-order valence-corrected chi connectivity index (χ3v) is 7.32. The fraction of sp³-hybridized carbons (Fsp3) is 0.615. The van der Waals surface area contributed by atoms with Crippen molar-refractivity contribution in [3.05, 3.63) is 35.9 Å². The first kappa shape index (κ1) is 21.9. The molecule has 1 aliphatic heterocycles. The molecule has 0 bridgehead atoms. The number of aromatic nitrogens is 1. The van der Waals surface area contributed by atoms with E-state index in [0.717, 1.165) is 73.8 Å². The standard InChI is InChI=1S/C26H37N3O2/c1-4-20(3)29(25(30)22-12-8-9-13-22)18-23-24(21-10-6-5-7-11-21)27-31-26(23)28-16-14-19(2)15-17-28/h5-7,10-11,19-20,22H,4,8-9,12-18H2,1-3H3. The second-order valence-electron chi connectivity index (χ2n) is 9.56. The van der Waals surface area contributed by atoms with E-state index in [-0.39, 0.29) is 12.0 Å². The van der Waals surface area contributed by atoms with Crippen molar-refractivity contribution in [2.45, 2.75) is 78.3 Å². The van der Waals surface area contributed by atoms with Crippen LogP contribution in [-0.4, -0.2) is 35.1 Å². The van der Waals surface area contributed by atoms with Gasteiger partial charge in [-0.3, -0.25) is 4.79 Å². The van der Waals surface area contributed by atoms with Crippen molar-refractivity contribution in [3.8, 4) is 11.3 Å². The Morgan fingerprint density at radius 2 is 1.84 bits per heavy atom. The van der Waals surface area contributed by atoms with Gasteiger partial charge in [-0.15, -0.1) is 0 Å². The van der Waals surface area contributed by atoms with Gasteiger partial charge in [0, 0.05) is 30.6 Å². The Balaban J connectivity index is 1.69. The Bertz CT molecular complexity index is 849. The van der Waals surface area contributed by atoms with E-state index >= 15 is 0 Å². The van der Waals surface area contributed by atoms with Gasteiger partial charge in [0.1, 0.15) is 5.69 Å². The van der Waals surface area contributed by atoms with Crippen molar-refractivity contribution in [1.82, 2.24) is 10.1 Å². The van der Waals surface area contributed by atoms with Crippen LogP contribution in [0.4, 0.5) is 5.88 Å². The Labute approximate surface area is 186 Å². The molecule has 2 heterocycles. The highest BCUT2D eigenvalue weighted by Crippen LogP contribution is 2.36. The predicted molar refractivity (Wildman–Crippen MR) is 125 cm³/mol. The van der Waals surface area contributed by atoms with Crippen molar-refractivity contribution in [1.29, 1.82) is 0 Å². The number of anilines is 1. The minimum atomic E-state index is 0.174. The van der Waals surface area contributed by atoms with E-state index in [1.54, 1.807) is 0 Å². The molecular formula is C26H37N3O2. The van der Waals surface area contributed by atoms with Crippen LogP contribution < -0.4 is 4.90 Å². The van der Waals surface area contributed by atoms with E-state index in [2.05, 4.69) is 47.9 Å². The van der Waals surface area contributed by atoms with E-state index in [0.29, 0.717) is 12.5 Å². The maximum absolute atomic E-state index is 13.5. The third-order valence-electron chi connectivity index (χ3n) is 7.32. The molecule has 1 amide bonds. The first-order valence-electron chi connectivity index (χ1n) is 12.2. The number of amides is 1. The molecule has 31 heavy (non-hydrogen) atoms. The highest BCUT2D eigenvalue weighted by molar-refractivity contribution is 5.80. The minimum absolute atomic E-state index is 0.174. The molecule has 2 aromatic rings. The van der Waals surface area contributed by atoms with Crippen molar-refractivity contribution in [2.75, 3.05) is 18.0 Å². The van der Waals surface area contributed by atoms with Crippen molar-refractivity contribution >= 4 is 11.8 Å². The van der Waals surface area contributed by atoms with Crippen molar-refractivity contribution in [3.63, 3.8) is 0 Å². The van der Waals surface area contributed by atoms with Gasteiger partial charge in [0.15, 0.2) is 0 Å². The lowest BCUT2D eigenvalue weighted by atomic mass is 9.98. The molecule has 1 saturated carbocycles. The predicted octanol–water partition coefficient (Wildman–Crippen LogP) is 5.90. The first-order chi connectivity index (χ1) is 15.1. The molecule has 1 saturated heterocycles. The summed E-state index contributed by atoms with van der Waals surface area (Å²) in [7, 11) is 0. The summed E-state index contributed by atoms with van der Waals surface area (Å²) in [5.41, 5.74) is 2.99. The zero-order valence-corrected chi connectivity index (χ0v) is 19.3. The van der Waals surface area contributed by atoms with Gasteiger partial charge < -0.3 is 14.3 Å². The van der Waals surface area contributed by atoms with E-state index in [1.807, 2.05) is 18.2 Å². The second-order valence-corrected chi connectivity index (χ2v) is 9.56. The maximum atomic E-state index is 13.5. The summed E-state index contributed by atoms with van der Waals surface area (Å²) >= 11 is 0. The van der Waals surface area contributed by atoms with Gasteiger partial charge in [-0.2, -0.15) is 0 Å². The van der Waals surface area contributed by atoms with Crippen LogP contribution in [0.5, 0.6) is 0 Å². The molecule has 0 N–H and O–H groups in total. The lowest BCUT2D eigenvalue weighted by Gasteiger charge is -2.33. The summed E-state index contributed by atoms with van der Waals surface area (Å²) < 4.78 is 5.98. The average Bonchev–Trinajstić information content (AvgIpc) is 3.48. The summed E-state index contributed by atoms with van der Waals surface area (Å²) in [4.78, 5) is 18.0. The van der Waals surface area contributed by atoms with Crippen LogP contribution in [0.25, 0.3) is 11.3 Å². The number of carbonyl (C=O) groups is 1. The van der Waals surface area contributed by atoms with Gasteiger partial charge in [-0.05, 0) is 44.9 Å². The Morgan fingerprint density at radius 3 is 2.48 bits per heavy atom. The normalized spacial score (nSPS) is 19.0. The van der Waals surface area contributed by atoms with Gasteiger partial charge in [0.25, 0.3) is 0 Å². The zero-order valence-electron chi connectivity index (χ0n) is 19.3. The van der Waals surface area contributed by atoms with Crippen LogP contribution in [0.1, 0.15) is 71.3 Å². The van der Waals surface area contributed by atoms with E-state index in [9.17, 15) is 4.79 Å². The molecule has 4 rings (SSSR count).